The molecule has 0 spiro atoms. The van der Waals surface area contributed by atoms with Gasteiger partial charge in [0, 0.05) is 10.4 Å². The molecule has 0 heterocycles. The third-order valence-corrected chi connectivity index (χ3v) is 7.76. The molecule has 0 saturated heterocycles. The first-order valence-corrected chi connectivity index (χ1v) is 15.8. The van der Waals surface area contributed by atoms with Crippen LogP contribution in [0.5, 0.6) is 11.5 Å². The van der Waals surface area contributed by atoms with E-state index in [1.807, 2.05) is 0 Å². The number of hydrogen-bond acceptors (Lipinski definition) is 16. The molecule has 3 aromatic carbocycles. The molecule has 18 heteroatoms. The van der Waals surface area contributed by atoms with Crippen LogP contribution in [0.3, 0.4) is 0 Å². The van der Waals surface area contributed by atoms with E-state index in [4.69, 9.17) is 18.9 Å². The van der Waals surface area contributed by atoms with Crippen molar-refractivity contribution < 1.29 is 54.5 Å². The summed E-state index contributed by atoms with van der Waals surface area (Å²) >= 11 is 0. The highest BCUT2D eigenvalue weighted by molar-refractivity contribution is 7.86. The molecule has 16 nitrogen and oxygen atoms in total. The van der Waals surface area contributed by atoms with Gasteiger partial charge in [-0.2, -0.15) is 21.0 Å². The quantitative estimate of drug-likeness (QED) is 0.141. The third-order valence-electron chi connectivity index (χ3n) is 5.97. The number of esters is 2. The Morgan fingerprint density at radius 1 is 0.583 bits per heavy atom. The summed E-state index contributed by atoms with van der Waals surface area (Å²) in [5.74, 6) is -2.80. The number of carbonyl (C=O) groups excluding carboxylic acids is 2. The summed E-state index contributed by atoms with van der Waals surface area (Å²) in [6, 6.07) is 17.8. The summed E-state index contributed by atoms with van der Waals surface area (Å²) in [6.07, 6.45) is 0. The first-order valence-electron chi connectivity index (χ1n) is 13.0. The van der Waals surface area contributed by atoms with Crippen molar-refractivity contribution in [3.8, 4) is 35.8 Å². The standard InChI is InChI=1S/C30H20N4O12S2/c31-15-19(16-32)23-14-26(44-10-12-46-30(36)22-6-2-4-8-28(22)48(40,41)42)24(20(17-33)18-34)13-25(23)43-9-11-45-29(35)21-5-1-3-7-27(21)47(37,38)39/h1-8,13-14H,9-12H2,(H,37,38,39)(H,40,41,42)/p-2. The monoisotopic (exact) mass is 690 g/mol. The van der Waals surface area contributed by atoms with Crippen molar-refractivity contribution >= 4 is 43.3 Å². The number of ether oxygens (including phenoxy) is 4. The highest BCUT2D eigenvalue weighted by Gasteiger charge is 2.18. The molecule has 0 bridgehead atoms. The average Bonchev–Trinajstić information content (AvgIpc) is 3.06. The maximum absolute atomic E-state index is 12.4. The van der Waals surface area contributed by atoms with E-state index in [-0.39, 0.29) is 21.9 Å². The van der Waals surface area contributed by atoms with Gasteiger partial charge >= 0.3 is 11.9 Å². The predicted octanol–water partition coefficient (Wildman–Crippen LogP) is 0.362. The van der Waals surface area contributed by atoms with Gasteiger partial charge in [-0.05, 0) is 36.4 Å². The molecular formula is C30H18N4O12S2-2. The van der Waals surface area contributed by atoms with Crippen LogP contribution < -0.4 is 19.9 Å². The molecule has 3 aromatic rings. The molecule has 0 unspecified atom stereocenters. The Bertz CT molecular complexity index is 2100. The lowest BCUT2D eigenvalue weighted by molar-refractivity contribution is 0.0435. The SMILES string of the molecule is N#CC(C#N)=c1cc(OCCOC(=O)c2ccccc2S(=O)(=O)[O-])c(=C(C#N)C#N)cc1OCCOC(=O)c1ccccc1S(=O)(=O)[O-]. The number of nitriles is 4. The topological polar surface area (TPSA) is 281 Å². The molecule has 0 saturated carbocycles. The van der Waals surface area contributed by atoms with Crippen molar-refractivity contribution in [2.45, 2.75) is 9.79 Å². The maximum atomic E-state index is 12.4. The smallest absolute Gasteiger partial charge is 0.339 e. The van der Waals surface area contributed by atoms with E-state index in [1.54, 1.807) is 24.3 Å². The van der Waals surface area contributed by atoms with Crippen LogP contribution in [0, 0.1) is 45.3 Å². The van der Waals surface area contributed by atoms with Crippen LogP contribution in [0.2, 0.25) is 0 Å². The fourth-order valence-corrected chi connectivity index (χ4v) is 5.25. The third kappa shape index (κ3) is 8.92. The van der Waals surface area contributed by atoms with Crippen molar-refractivity contribution in [1.82, 2.24) is 0 Å². The van der Waals surface area contributed by atoms with Crippen molar-refractivity contribution in [1.29, 1.82) is 21.0 Å². The molecule has 48 heavy (non-hydrogen) atoms. The molecule has 0 fully saturated rings. The Balaban J connectivity index is 1.86. The van der Waals surface area contributed by atoms with Gasteiger partial charge in [0.05, 0.1) is 20.9 Å². The Morgan fingerprint density at radius 3 is 1.23 bits per heavy atom. The van der Waals surface area contributed by atoms with Gasteiger partial charge in [-0.3, -0.25) is 0 Å². The van der Waals surface area contributed by atoms with Crippen LogP contribution in [0.25, 0.3) is 11.1 Å². The lowest BCUT2D eigenvalue weighted by Crippen LogP contribution is -2.23. The molecule has 0 aromatic heterocycles. The summed E-state index contributed by atoms with van der Waals surface area (Å²) in [4.78, 5) is 23.3. The van der Waals surface area contributed by atoms with Crippen molar-refractivity contribution in [3.63, 3.8) is 0 Å². The van der Waals surface area contributed by atoms with Crippen molar-refractivity contribution in [2.24, 2.45) is 0 Å². The van der Waals surface area contributed by atoms with Crippen LogP contribution in [0.4, 0.5) is 0 Å². The Labute approximate surface area is 272 Å². The van der Waals surface area contributed by atoms with E-state index in [0.717, 1.165) is 36.4 Å². The minimum atomic E-state index is -5.00. The van der Waals surface area contributed by atoms with E-state index in [2.05, 4.69) is 0 Å². The van der Waals surface area contributed by atoms with E-state index in [9.17, 15) is 56.6 Å². The molecule has 0 atom stereocenters. The van der Waals surface area contributed by atoms with E-state index < -0.39 is 90.7 Å². The second-order valence-electron chi connectivity index (χ2n) is 8.91. The molecule has 0 aliphatic heterocycles. The van der Waals surface area contributed by atoms with Gasteiger partial charge in [0.1, 0.15) is 93.6 Å². The van der Waals surface area contributed by atoms with Gasteiger partial charge < -0.3 is 28.1 Å². The molecule has 0 aliphatic carbocycles. The van der Waals surface area contributed by atoms with Crippen LogP contribution >= 0.6 is 0 Å². The summed E-state index contributed by atoms with van der Waals surface area (Å²) in [7, 11) is -10.00. The largest absolute Gasteiger partial charge is 0.744 e. The minimum absolute atomic E-state index is 0.185. The molecule has 0 amide bonds. The lowest BCUT2D eigenvalue weighted by Gasteiger charge is -2.14. The normalized spacial score (nSPS) is 10.6. The minimum Gasteiger partial charge on any atom is -0.744 e. The zero-order valence-electron chi connectivity index (χ0n) is 24.1. The number of benzene rings is 3. The first-order chi connectivity index (χ1) is 22.8. The van der Waals surface area contributed by atoms with Crippen molar-refractivity contribution in [3.05, 3.63) is 82.2 Å². The first kappa shape index (κ1) is 36.2. The van der Waals surface area contributed by atoms with Gasteiger partial charge in [-0.15, -0.1) is 0 Å². The molecule has 0 N–H and O–H groups in total. The van der Waals surface area contributed by atoms with E-state index >= 15 is 0 Å². The van der Waals surface area contributed by atoms with Crippen LogP contribution in [0.1, 0.15) is 20.7 Å². The molecular weight excluding hydrogens is 672 g/mol. The van der Waals surface area contributed by atoms with Gasteiger partial charge in [-0.25, -0.2) is 26.4 Å². The van der Waals surface area contributed by atoms with Crippen LogP contribution in [-0.4, -0.2) is 64.3 Å². The van der Waals surface area contributed by atoms with Crippen molar-refractivity contribution in [2.75, 3.05) is 26.4 Å². The summed E-state index contributed by atoms with van der Waals surface area (Å²) in [6.45, 7) is -1.97. The molecule has 0 aliphatic rings. The lowest BCUT2D eigenvalue weighted by atomic mass is 10.1. The Hall–Kier alpha value is -6.28. The number of carbonyl (C=O) groups is 2. The van der Waals surface area contributed by atoms with Gasteiger partial charge in [0.2, 0.25) is 0 Å². The Morgan fingerprint density at radius 2 is 0.917 bits per heavy atom. The second-order valence-corrected chi connectivity index (χ2v) is 11.6. The fourth-order valence-electron chi connectivity index (χ4n) is 3.91. The number of rotatable bonds is 12. The zero-order chi connectivity index (χ0) is 35.5. The van der Waals surface area contributed by atoms with Gasteiger partial charge in [-0.1, -0.05) is 24.3 Å². The molecule has 3 rings (SSSR count). The highest BCUT2D eigenvalue weighted by atomic mass is 32.2. The van der Waals surface area contributed by atoms with Crippen LogP contribution in [-0.2, 0) is 29.7 Å². The van der Waals surface area contributed by atoms with E-state index in [0.29, 0.717) is 0 Å². The summed E-state index contributed by atoms with van der Waals surface area (Å²) in [5.41, 5.74) is -2.06. The number of hydrogen-bond donors (Lipinski definition) is 0. The fraction of sp³-hybridized carbons (Fsp3) is 0.133. The predicted molar refractivity (Wildman–Crippen MR) is 155 cm³/mol. The second kappa shape index (κ2) is 15.8. The molecule has 0 radical (unpaired) electrons. The van der Waals surface area contributed by atoms with Gasteiger partial charge in [0.15, 0.2) is 0 Å². The summed E-state index contributed by atoms with van der Waals surface area (Å²) in [5, 5.41) is 37.7. The zero-order valence-corrected chi connectivity index (χ0v) is 25.7. The Kier molecular flexibility index (Phi) is 11.9. The summed E-state index contributed by atoms with van der Waals surface area (Å²) < 4.78 is 89.9. The molecule has 244 valence electrons. The highest BCUT2D eigenvalue weighted by Crippen LogP contribution is 2.18. The van der Waals surface area contributed by atoms with Crippen LogP contribution in [0.15, 0.2) is 70.5 Å². The average molecular weight is 691 g/mol. The number of nitrogens with zero attached hydrogens (tertiary/aromatic N) is 4. The van der Waals surface area contributed by atoms with Gasteiger partial charge in [0.25, 0.3) is 0 Å². The maximum Gasteiger partial charge on any atom is 0.339 e. The van der Waals surface area contributed by atoms with E-state index in [1.165, 1.54) is 24.3 Å².